The molecule has 0 saturated heterocycles. The van der Waals surface area contributed by atoms with Crippen LogP contribution in [0.25, 0.3) is 11.3 Å². The third-order valence-electron chi connectivity index (χ3n) is 7.46. The molecule has 0 saturated carbocycles. The Morgan fingerprint density at radius 1 is 0.977 bits per heavy atom. The number of hydrogen-bond donors (Lipinski definition) is 0. The van der Waals surface area contributed by atoms with Crippen LogP contribution >= 0.6 is 11.3 Å². The van der Waals surface area contributed by atoms with E-state index in [1.165, 1.54) is 11.7 Å². The Kier molecular flexibility index (Phi) is 7.67. The van der Waals surface area contributed by atoms with Crippen molar-refractivity contribution in [3.05, 3.63) is 139 Å². The molecular formula is C34H27N3O6S. The minimum absolute atomic E-state index is 0.109. The van der Waals surface area contributed by atoms with E-state index in [0.717, 1.165) is 11.3 Å². The zero-order chi connectivity index (χ0) is 31.0. The van der Waals surface area contributed by atoms with Gasteiger partial charge in [0, 0.05) is 17.7 Å². The van der Waals surface area contributed by atoms with Gasteiger partial charge < -0.3 is 14.4 Å². The predicted molar refractivity (Wildman–Crippen MR) is 167 cm³/mol. The molecule has 1 aromatic heterocycles. The summed E-state index contributed by atoms with van der Waals surface area (Å²) in [6.07, 6.45) is 1.63. The van der Waals surface area contributed by atoms with Gasteiger partial charge in [0.1, 0.15) is 4.53 Å². The van der Waals surface area contributed by atoms with Crippen LogP contribution in [0.2, 0.25) is 0 Å². The Morgan fingerprint density at radius 3 is 2.36 bits per heavy atom. The maximum Gasteiger partial charge on any atom is 0.338 e. The van der Waals surface area contributed by atoms with Crippen molar-refractivity contribution in [3.8, 4) is 0 Å². The maximum atomic E-state index is 14.4. The molecule has 220 valence electrons. The number of methoxy groups -OCH3 is 1. The number of fused-ring (bicyclic) bond motifs is 2. The molecule has 9 nitrogen and oxygen atoms in total. The highest BCUT2D eigenvalue weighted by Crippen LogP contribution is 2.37. The minimum atomic E-state index is -0.961. The molecular weight excluding hydrogens is 578 g/mol. The van der Waals surface area contributed by atoms with E-state index in [9.17, 15) is 19.2 Å². The molecule has 0 spiro atoms. The number of para-hydroxylation sites is 1. The lowest BCUT2D eigenvalue weighted by atomic mass is 9.92. The van der Waals surface area contributed by atoms with Gasteiger partial charge >= 0.3 is 11.9 Å². The smallest absolute Gasteiger partial charge is 0.338 e. The Labute approximate surface area is 256 Å². The molecule has 2 aliphatic rings. The molecule has 44 heavy (non-hydrogen) atoms. The lowest BCUT2D eigenvalue weighted by Gasteiger charge is -2.26. The van der Waals surface area contributed by atoms with Gasteiger partial charge in [-0.05, 0) is 30.7 Å². The molecule has 4 aromatic rings. The molecule has 0 radical (unpaired) electrons. The molecule has 0 fully saturated rings. The van der Waals surface area contributed by atoms with Crippen molar-refractivity contribution in [2.45, 2.75) is 13.0 Å². The molecule has 0 aliphatic carbocycles. The van der Waals surface area contributed by atoms with Gasteiger partial charge in [-0.2, -0.15) is 0 Å². The van der Waals surface area contributed by atoms with E-state index in [-0.39, 0.29) is 34.7 Å². The van der Waals surface area contributed by atoms with E-state index in [0.29, 0.717) is 38.4 Å². The summed E-state index contributed by atoms with van der Waals surface area (Å²) in [5, 5.41) is 0. The van der Waals surface area contributed by atoms with Gasteiger partial charge in [-0.15, -0.1) is 6.58 Å². The summed E-state index contributed by atoms with van der Waals surface area (Å²) in [6.45, 7) is 5.87. The molecule has 3 aromatic carbocycles. The monoisotopic (exact) mass is 605 g/mol. The highest BCUT2D eigenvalue weighted by Gasteiger charge is 2.38. The van der Waals surface area contributed by atoms with Crippen molar-refractivity contribution in [2.75, 3.05) is 25.2 Å². The van der Waals surface area contributed by atoms with Gasteiger partial charge in [0.05, 0.1) is 47.9 Å². The van der Waals surface area contributed by atoms with E-state index in [1.807, 2.05) is 54.6 Å². The summed E-state index contributed by atoms with van der Waals surface area (Å²) in [5.74, 6) is -1.46. The highest BCUT2D eigenvalue weighted by molar-refractivity contribution is 7.07. The Bertz CT molecular complexity index is 2040. The van der Waals surface area contributed by atoms with Gasteiger partial charge in [-0.25, -0.2) is 14.6 Å². The van der Waals surface area contributed by atoms with E-state index in [4.69, 9.17) is 14.5 Å². The van der Waals surface area contributed by atoms with Crippen LogP contribution in [-0.2, 0) is 19.1 Å². The number of thiazole rings is 1. The number of amides is 1. The number of aromatic nitrogens is 1. The first-order valence-corrected chi connectivity index (χ1v) is 14.7. The SMILES string of the molecule is C=CCN1C(=O)/C(=c2\sc3n(c2=O)[C@@H](c2ccc(C(=O)OC)cc2)C(C(=O)OCC)=C(c2ccccc2)N=3)c2ccccc21. The second kappa shape index (κ2) is 11.7. The van der Waals surface area contributed by atoms with Gasteiger partial charge in [0.25, 0.3) is 11.5 Å². The normalized spacial score (nSPS) is 16.6. The summed E-state index contributed by atoms with van der Waals surface area (Å²) >= 11 is 1.10. The summed E-state index contributed by atoms with van der Waals surface area (Å²) < 4.78 is 12.0. The number of carbonyl (C=O) groups is 3. The number of hydrogen-bond acceptors (Lipinski definition) is 8. The standard InChI is InChI=1S/C34H27N3O6S/c1-4-19-36-24-14-10-9-13-23(24)25(30(36)38)29-31(39)37-28(21-15-17-22(18-16-21)32(40)42-3)26(33(41)43-5-2)27(35-34(37)44-29)20-11-7-6-8-12-20/h4,6-18,28H,1,5,19H2,2-3H3/b29-25-/t28-/m0/s1. The van der Waals surface area contributed by atoms with Crippen molar-refractivity contribution in [1.29, 1.82) is 0 Å². The second-order valence-corrected chi connectivity index (χ2v) is 10.9. The summed E-state index contributed by atoms with van der Waals surface area (Å²) in [5.41, 5.74) is 3.17. The number of nitrogens with zero attached hydrogens (tertiary/aromatic N) is 3. The molecule has 1 amide bonds. The largest absolute Gasteiger partial charge is 0.465 e. The molecule has 0 N–H and O–H groups in total. The van der Waals surface area contributed by atoms with Crippen molar-refractivity contribution < 1.29 is 23.9 Å². The van der Waals surface area contributed by atoms with Crippen LogP contribution in [0.15, 0.2) is 107 Å². The van der Waals surface area contributed by atoms with Crippen LogP contribution in [0, 0.1) is 0 Å². The number of ether oxygens (including phenoxy) is 2. The minimum Gasteiger partial charge on any atom is -0.465 e. The van der Waals surface area contributed by atoms with Crippen LogP contribution in [0.4, 0.5) is 5.69 Å². The van der Waals surface area contributed by atoms with E-state index >= 15 is 0 Å². The molecule has 6 rings (SSSR count). The first kappa shape index (κ1) is 28.8. The zero-order valence-corrected chi connectivity index (χ0v) is 24.8. The Balaban J connectivity index is 1.69. The molecule has 1 atom stereocenters. The summed E-state index contributed by atoms with van der Waals surface area (Å²) in [7, 11) is 1.29. The average molecular weight is 606 g/mol. The van der Waals surface area contributed by atoms with Gasteiger partial charge in [0.15, 0.2) is 4.80 Å². The number of benzene rings is 3. The van der Waals surface area contributed by atoms with Crippen molar-refractivity contribution in [3.63, 3.8) is 0 Å². The molecule has 0 unspecified atom stereocenters. The van der Waals surface area contributed by atoms with Crippen molar-refractivity contribution in [1.82, 2.24) is 4.57 Å². The van der Waals surface area contributed by atoms with Gasteiger partial charge in [-0.1, -0.05) is 78.1 Å². The number of carbonyl (C=O) groups excluding carboxylic acids is 3. The average Bonchev–Trinajstić information content (AvgIpc) is 3.52. The predicted octanol–water partition coefficient (Wildman–Crippen LogP) is 3.63. The molecule has 10 heteroatoms. The van der Waals surface area contributed by atoms with E-state index in [2.05, 4.69) is 6.58 Å². The van der Waals surface area contributed by atoms with Crippen LogP contribution in [0.5, 0.6) is 0 Å². The lowest BCUT2D eigenvalue weighted by molar-refractivity contribution is -0.138. The Hall–Kier alpha value is -5.35. The topological polar surface area (TPSA) is 107 Å². The summed E-state index contributed by atoms with van der Waals surface area (Å²) in [4.78, 5) is 60.9. The number of rotatable bonds is 7. The summed E-state index contributed by atoms with van der Waals surface area (Å²) in [6, 6.07) is 22.0. The zero-order valence-electron chi connectivity index (χ0n) is 24.0. The number of anilines is 1. The van der Waals surface area contributed by atoms with Crippen LogP contribution in [0.1, 0.15) is 40.0 Å². The fourth-order valence-corrected chi connectivity index (χ4v) is 6.63. The fourth-order valence-electron chi connectivity index (χ4n) is 5.54. The number of esters is 2. The van der Waals surface area contributed by atoms with Crippen molar-refractivity contribution >= 4 is 46.1 Å². The molecule has 3 heterocycles. The van der Waals surface area contributed by atoms with Gasteiger partial charge in [-0.3, -0.25) is 14.2 Å². The van der Waals surface area contributed by atoms with Crippen molar-refractivity contribution in [2.24, 2.45) is 4.99 Å². The third kappa shape index (κ3) is 4.69. The van der Waals surface area contributed by atoms with Crippen LogP contribution in [0.3, 0.4) is 0 Å². The fraction of sp³-hybridized carbons (Fsp3) is 0.147. The first-order chi connectivity index (χ1) is 21.4. The Morgan fingerprint density at radius 2 is 1.68 bits per heavy atom. The lowest BCUT2D eigenvalue weighted by Crippen LogP contribution is -2.41. The van der Waals surface area contributed by atoms with Crippen LogP contribution in [-0.4, -0.2) is 42.7 Å². The third-order valence-corrected chi connectivity index (χ3v) is 8.51. The highest BCUT2D eigenvalue weighted by atomic mass is 32.1. The molecule has 2 aliphatic heterocycles. The molecule has 0 bridgehead atoms. The first-order valence-electron chi connectivity index (χ1n) is 13.9. The second-order valence-electron chi connectivity index (χ2n) is 9.96. The van der Waals surface area contributed by atoms with E-state index in [1.54, 1.807) is 42.2 Å². The van der Waals surface area contributed by atoms with E-state index < -0.39 is 23.5 Å². The van der Waals surface area contributed by atoms with Gasteiger partial charge in [0.2, 0.25) is 0 Å². The van der Waals surface area contributed by atoms with Crippen LogP contribution < -0.4 is 19.8 Å². The quantitative estimate of drug-likeness (QED) is 0.235. The maximum absolute atomic E-state index is 14.4.